The van der Waals surface area contributed by atoms with Gasteiger partial charge in [-0.1, -0.05) is 26.0 Å². The number of benzene rings is 1. The van der Waals surface area contributed by atoms with E-state index < -0.39 is 0 Å². The highest BCUT2D eigenvalue weighted by molar-refractivity contribution is 5.94. The van der Waals surface area contributed by atoms with Crippen molar-refractivity contribution in [2.24, 2.45) is 5.92 Å². The van der Waals surface area contributed by atoms with E-state index in [1.807, 2.05) is 31.3 Å². The first-order valence-corrected chi connectivity index (χ1v) is 7.62. The fourth-order valence-corrected chi connectivity index (χ4v) is 2.01. The van der Waals surface area contributed by atoms with E-state index >= 15 is 0 Å². The van der Waals surface area contributed by atoms with Crippen LogP contribution in [-0.4, -0.2) is 42.2 Å². The lowest BCUT2D eigenvalue weighted by Gasteiger charge is -2.18. The number of rotatable bonds is 8. The van der Waals surface area contributed by atoms with Gasteiger partial charge in [-0.05, 0) is 44.0 Å². The van der Waals surface area contributed by atoms with Crippen LogP contribution in [0.3, 0.4) is 0 Å². The van der Waals surface area contributed by atoms with Gasteiger partial charge in [-0.3, -0.25) is 4.79 Å². The van der Waals surface area contributed by atoms with Crippen molar-refractivity contribution >= 4 is 5.91 Å². The zero-order valence-electron chi connectivity index (χ0n) is 13.6. The van der Waals surface area contributed by atoms with E-state index in [-0.39, 0.29) is 12.0 Å². The van der Waals surface area contributed by atoms with Crippen molar-refractivity contribution in [1.29, 1.82) is 0 Å². The van der Waals surface area contributed by atoms with Crippen molar-refractivity contribution in [3.8, 4) is 0 Å². The van der Waals surface area contributed by atoms with Gasteiger partial charge in [0.25, 0.3) is 5.91 Å². The van der Waals surface area contributed by atoms with E-state index in [0.717, 1.165) is 25.1 Å². The predicted octanol–water partition coefficient (Wildman–Crippen LogP) is 2.28. The second kappa shape index (κ2) is 8.80. The minimum Gasteiger partial charge on any atom is -0.393 e. The van der Waals surface area contributed by atoms with Crippen molar-refractivity contribution in [1.82, 2.24) is 10.2 Å². The van der Waals surface area contributed by atoms with Crippen LogP contribution >= 0.6 is 0 Å². The first kappa shape index (κ1) is 17.7. The van der Waals surface area contributed by atoms with Gasteiger partial charge >= 0.3 is 0 Å². The number of hydrogen-bond donors (Lipinski definition) is 2. The molecule has 0 radical (unpaired) electrons. The van der Waals surface area contributed by atoms with Crippen molar-refractivity contribution in [2.45, 2.75) is 39.8 Å². The fraction of sp³-hybridized carbons (Fsp3) is 0.588. The van der Waals surface area contributed by atoms with E-state index in [0.29, 0.717) is 18.0 Å². The summed E-state index contributed by atoms with van der Waals surface area (Å²) in [6.45, 7) is 8.26. The van der Waals surface area contributed by atoms with Crippen molar-refractivity contribution in [3.05, 3.63) is 35.4 Å². The molecule has 1 atom stereocenters. The molecule has 0 fully saturated rings. The number of nitrogens with one attached hydrogen (secondary N) is 1. The molecule has 1 aromatic rings. The largest absolute Gasteiger partial charge is 0.393 e. The first-order chi connectivity index (χ1) is 9.88. The van der Waals surface area contributed by atoms with E-state index in [9.17, 15) is 9.90 Å². The van der Waals surface area contributed by atoms with Crippen LogP contribution in [0.15, 0.2) is 24.3 Å². The summed E-state index contributed by atoms with van der Waals surface area (Å²) >= 11 is 0. The van der Waals surface area contributed by atoms with Crippen LogP contribution in [0.25, 0.3) is 0 Å². The molecule has 0 saturated carbocycles. The fourth-order valence-electron chi connectivity index (χ4n) is 2.01. The zero-order valence-corrected chi connectivity index (χ0v) is 13.6. The van der Waals surface area contributed by atoms with Gasteiger partial charge in [0.1, 0.15) is 0 Å². The number of carbonyl (C=O) groups is 1. The quantitative estimate of drug-likeness (QED) is 0.773. The molecule has 0 saturated heterocycles. The predicted molar refractivity (Wildman–Crippen MR) is 86.2 cm³/mol. The Kier molecular flexibility index (Phi) is 7.40. The molecule has 0 aromatic heterocycles. The van der Waals surface area contributed by atoms with Crippen LogP contribution in [0, 0.1) is 5.92 Å². The lowest BCUT2D eigenvalue weighted by atomic mass is 10.1. The lowest BCUT2D eigenvalue weighted by Crippen LogP contribution is -2.27. The number of hydrogen-bond acceptors (Lipinski definition) is 3. The molecule has 1 unspecified atom stereocenters. The topological polar surface area (TPSA) is 52.6 Å². The maximum absolute atomic E-state index is 12.0. The van der Waals surface area contributed by atoms with Crippen molar-refractivity contribution in [3.63, 3.8) is 0 Å². The summed E-state index contributed by atoms with van der Waals surface area (Å²) in [5, 5.41) is 12.2. The third-order valence-corrected chi connectivity index (χ3v) is 3.24. The van der Waals surface area contributed by atoms with Gasteiger partial charge in [-0.25, -0.2) is 0 Å². The average molecular weight is 292 g/mol. The Bertz CT molecular complexity index is 444. The van der Waals surface area contributed by atoms with Gasteiger partial charge in [0, 0.05) is 25.2 Å². The van der Waals surface area contributed by atoms with Gasteiger partial charge < -0.3 is 15.3 Å². The Morgan fingerprint density at radius 3 is 2.67 bits per heavy atom. The number of amides is 1. The molecule has 0 aliphatic rings. The Morgan fingerprint density at radius 1 is 1.33 bits per heavy atom. The van der Waals surface area contributed by atoms with E-state index in [4.69, 9.17) is 0 Å². The normalized spacial score (nSPS) is 12.7. The van der Waals surface area contributed by atoms with Crippen LogP contribution in [0.4, 0.5) is 0 Å². The van der Waals surface area contributed by atoms with E-state index in [1.165, 1.54) is 0 Å². The molecule has 2 N–H and O–H groups in total. The van der Waals surface area contributed by atoms with Crippen molar-refractivity contribution < 1.29 is 9.90 Å². The molecule has 1 aromatic carbocycles. The Morgan fingerprint density at radius 2 is 2.05 bits per heavy atom. The highest BCUT2D eigenvalue weighted by atomic mass is 16.3. The Labute approximate surface area is 128 Å². The lowest BCUT2D eigenvalue weighted by molar-refractivity contribution is 0.0949. The maximum Gasteiger partial charge on any atom is 0.251 e. The standard InChI is InChI=1S/C17H28N2O2/c1-13(2)11-18-17(21)16-7-5-6-15(10-16)12-19(4)9-8-14(3)20/h5-7,10,13-14,20H,8-9,11-12H2,1-4H3,(H,18,21). The summed E-state index contributed by atoms with van der Waals surface area (Å²) in [4.78, 5) is 14.2. The van der Waals surface area contributed by atoms with Gasteiger partial charge in [0.15, 0.2) is 0 Å². The molecule has 118 valence electrons. The Balaban J connectivity index is 2.57. The summed E-state index contributed by atoms with van der Waals surface area (Å²) < 4.78 is 0. The third kappa shape index (κ3) is 7.25. The smallest absolute Gasteiger partial charge is 0.251 e. The SMILES string of the molecule is CC(C)CNC(=O)c1cccc(CN(C)CCC(C)O)c1. The summed E-state index contributed by atoms with van der Waals surface area (Å²) in [7, 11) is 2.02. The van der Waals surface area contributed by atoms with Crippen LogP contribution in [0.1, 0.15) is 43.1 Å². The maximum atomic E-state index is 12.0. The number of carbonyl (C=O) groups excluding carboxylic acids is 1. The summed E-state index contributed by atoms with van der Waals surface area (Å²) in [6.07, 6.45) is 0.478. The second-order valence-electron chi connectivity index (χ2n) is 6.18. The number of aliphatic hydroxyl groups is 1. The molecule has 4 nitrogen and oxygen atoms in total. The molecule has 1 rings (SSSR count). The highest BCUT2D eigenvalue weighted by Gasteiger charge is 2.08. The van der Waals surface area contributed by atoms with Crippen LogP contribution in [0.5, 0.6) is 0 Å². The minimum absolute atomic E-state index is 0.0165. The first-order valence-electron chi connectivity index (χ1n) is 7.62. The van der Waals surface area contributed by atoms with Crippen LogP contribution < -0.4 is 5.32 Å². The highest BCUT2D eigenvalue weighted by Crippen LogP contribution is 2.09. The molecule has 0 aliphatic carbocycles. The average Bonchev–Trinajstić information content (AvgIpc) is 2.42. The Hall–Kier alpha value is -1.39. The second-order valence-corrected chi connectivity index (χ2v) is 6.18. The molecule has 0 heterocycles. The molecule has 21 heavy (non-hydrogen) atoms. The molecular formula is C17H28N2O2. The summed E-state index contributed by atoms with van der Waals surface area (Å²) in [5.41, 5.74) is 1.82. The molecule has 1 amide bonds. The number of aliphatic hydroxyl groups excluding tert-OH is 1. The van der Waals surface area contributed by atoms with E-state index in [1.54, 1.807) is 6.92 Å². The van der Waals surface area contributed by atoms with Gasteiger partial charge in [0.05, 0.1) is 6.10 Å². The zero-order chi connectivity index (χ0) is 15.8. The monoisotopic (exact) mass is 292 g/mol. The minimum atomic E-state index is -0.277. The van der Waals surface area contributed by atoms with Gasteiger partial charge in [-0.2, -0.15) is 0 Å². The summed E-state index contributed by atoms with van der Waals surface area (Å²) in [5.74, 6) is 0.431. The van der Waals surface area contributed by atoms with Crippen LogP contribution in [0.2, 0.25) is 0 Å². The molecule has 4 heteroatoms. The van der Waals surface area contributed by atoms with Gasteiger partial charge in [-0.15, -0.1) is 0 Å². The van der Waals surface area contributed by atoms with E-state index in [2.05, 4.69) is 24.1 Å². The summed E-state index contributed by atoms with van der Waals surface area (Å²) in [6, 6.07) is 7.73. The molecule has 0 bridgehead atoms. The molecule has 0 spiro atoms. The van der Waals surface area contributed by atoms with Crippen LogP contribution in [-0.2, 0) is 6.54 Å². The molecule has 0 aliphatic heterocycles. The van der Waals surface area contributed by atoms with Gasteiger partial charge in [0.2, 0.25) is 0 Å². The molecular weight excluding hydrogens is 264 g/mol. The number of nitrogens with zero attached hydrogens (tertiary/aromatic N) is 1. The van der Waals surface area contributed by atoms with Crippen molar-refractivity contribution in [2.75, 3.05) is 20.1 Å². The third-order valence-electron chi connectivity index (χ3n) is 3.24.